The molecule has 1 unspecified atom stereocenters. The molecule has 6 nitrogen and oxygen atoms in total. The molecular weight excluding hydrogens is 244 g/mol. The third-order valence-electron chi connectivity index (χ3n) is 2.69. The van der Waals surface area contributed by atoms with Crippen LogP contribution in [0.25, 0.3) is 0 Å². The number of aromatic nitrogens is 2. The Bertz CT molecular complexity index is 398. The van der Waals surface area contributed by atoms with Gasteiger partial charge < -0.3 is 15.4 Å². The Morgan fingerprint density at radius 2 is 2.32 bits per heavy atom. The van der Waals surface area contributed by atoms with E-state index in [0.29, 0.717) is 24.8 Å². The predicted octanol–water partition coefficient (Wildman–Crippen LogP) is 1.45. The zero-order valence-corrected chi connectivity index (χ0v) is 11.8. The van der Waals surface area contributed by atoms with Crippen molar-refractivity contribution >= 4 is 11.9 Å². The van der Waals surface area contributed by atoms with E-state index >= 15 is 0 Å². The van der Waals surface area contributed by atoms with Gasteiger partial charge >= 0.3 is 0 Å². The van der Waals surface area contributed by atoms with E-state index < -0.39 is 0 Å². The molecule has 1 aromatic heterocycles. The number of ether oxygens (including phenoxy) is 1. The van der Waals surface area contributed by atoms with Gasteiger partial charge in [0.1, 0.15) is 5.69 Å². The van der Waals surface area contributed by atoms with Gasteiger partial charge in [-0.3, -0.25) is 4.79 Å². The van der Waals surface area contributed by atoms with Gasteiger partial charge in [0.2, 0.25) is 5.95 Å². The molecule has 0 bridgehead atoms. The first-order valence-electron chi connectivity index (χ1n) is 6.54. The van der Waals surface area contributed by atoms with Crippen LogP contribution >= 0.6 is 0 Å². The van der Waals surface area contributed by atoms with Crippen LogP contribution < -0.4 is 10.6 Å². The van der Waals surface area contributed by atoms with E-state index in [1.165, 1.54) is 0 Å². The van der Waals surface area contributed by atoms with Gasteiger partial charge in [-0.25, -0.2) is 9.97 Å². The van der Waals surface area contributed by atoms with Crippen LogP contribution in [0.4, 0.5) is 5.95 Å². The summed E-state index contributed by atoms with van der Waals surface area (Å²) in [5.41, 5.74) is 0.379. The number of anilines is 1. The largest absolute Gasteiger partial charge is 0.385 e. The fraction of sp³-hybridized carbons (Fsp3) is 0.615. The van der Waals surface area contributed by atoms with Gasteiger partial charge in [-0.15, -0.1) is 0 Å². The summed E-state index contributed by atoms with van der Waals surface area (Å²) in [6.07, 6.45) is 3.33. The predicted molar refractivity (Wildman–Crippen MR) is 74.2 cm³/mol. The molecule has 19 heavy (non-hydrogen) atoms. The quantitative estimate of drug-likeness (QED) is 0.697. The second kappa shape index (κ2) is 8.42. The molecule has 0 aliphatic rings. The Hall–Kier alpha value is -1.69. The van der Waals surface area contributed by atoms with E-state index in [0.717, 1.165) is 12.8 Å². The van der Waals surface area contributed by atoms with E-state index in [4.69, 9.17) is 4.74 Å². The molecule has 0 aromatic carbocycles. The van der Waals surface area contributed by atoms with E-state index in [-0.39, 0.29) is 11.9 Å². The third kappa shape index (κ3) is 5.65. The number of methoxy groups -OCH3 is 1. The van der Waals surface area contributed by atoms with Gasteiger partial charge in [0, 0.05) is 32.5 Å². The van der Waals surface area contributed by atoms with Gasteiger partial charge in [0.25, 0.3) is 5.91 Å². The van der Waals surface area contributed by atoms with Gasteiger partial charge in [-0.1, -0.05) is 6.92 Å². The van der Waals surface area contributed by atoms with Crippen molar-refractivity contribution in [1.82, 2.24) is 15.3 Å². The number of nitrogens with zero attached hydrogens (tertiary/aromatic N) is 2. The van der Waals surface area contributed by atoms with Crippen LogP contribution in [0.5, 0.6) is 0 Å². The van der Waals surface area contributed by atoms with Crippen molar-refractivity contribution in [1.29, 1.82) is 0 Å². The summed E-state index contributed by atoms with van der Waals surface area (Å²) in [7, 11) is 1.66. The van der Waals surface area contributed by atoms with Crippen molar-refractivity contribution in [2.24, 2.45) is 0 Å². The molecule has 2 N–H and O–H groups in total. The molecule has 0 spiro atoms. The summed E-state index contributed by atoms with van der Waals surface area (Å²) in [5, 5.41) is 5.93. The van der Waals surface area contributed by atoms with Crippen LogP contribution in [0.3, 0.4) is 0 Å². The summed E-state index contributed by atoms with van der Waals surface area (Å²) in [6, 6.07) is 1.75. The third-order valence-corrected chi connectivity index (χ3v) is 2.69. The standard InChI is InChI=1S/C13H22N4O2/c1-4-10(2)16-12(18)11-6-8-15-13(17-11)14-7-5-9-19-3/h6,8,10H,4-5,7,9H2,1-3H3,(H,16,18)(H,14,15,17). The molecule has 0 aliphatic heterocycles. The summed E-state index contributed by atoms with van der Waals surface area (Å²) in [4.78, 5) is 20.2. The Morgan fingerprint density at radius 1 is 1.53 bits per heavy atom. The number of carbonyl (C=O) groups is 1. The normalized spacial score (nSPS) is 11.9. The molecule has 0 aliphatic carbocycles. The topological polar surface area (TPSA) is 76.1 Å². The van der Waals surface area contributed by atoms with Crippen LogP contribution in [0, 0.1) is 0 Å². The highest BCUT2D eigenvalue weighted by Gasteiger charge is 2.10. The average molecular weight is 266 g/mol. The monoisotopic (exact) mass is 266 g/mol. The van der Waals surface area contributed by atoms with E-state index in [1.54, 1.807) is 19.4 Å². The summed E-state index contributed by atoms with van der Waals surface area (Å²) >= 11 is 0. The lowest BCUT2D eigenvalue weighted by molar-refractivity contribution is 0.0934. The molecule has 1 aromatic rings. The van der Waals surface area contributed by atoms with Gasteiger partial charge in [-0.05, 0) is 25.8 Å². The first-order valence-corrected chi connectivity index (χ1v) is 6.54. The van der Waals surface area contributed by atoms with Crippen molar-refractivity contribution in [3.8, 4) is 0 Å². The molecule has 106 valence electrons. The summed E-state index contributed by atoms with van der Waals surface area (Å²) in [6.45, 7) is 5.38. The van der Waals surface area contributed by atoms with Crippen LogP contribution in [0.1, 0.15) is 37.2 Å². The number of rotatable bonds is 8. The minimum Gasteiger partial charge on any atom is -0.385 e. The maximum atomic E-state index is 11.9. The Morgan fingerprint density at radius 3 is 3.00 bits per heavy atom. The highest BCUT2D eigenvalue weighted by atomic mass is 16.5. The molecule has 1 atom stereocenters. The molecule has 0 saturated heterocycles. The SMILES string of the molecule is CCC(C)NC(=O)c1ccnc(NCCCOC)n1. The Kier molecular flexibility index (Phi) is 6.81. The van der Waals surface area contributed by atoms with Crippen molar-refractivity contribution in [2.75, 3.05) is 25.6 Å². The van der Waals surface area contributed by atoms with Crippen molar-refractivity contribution in [3.63, 3.8) is 0 Å². The van der Waals surface area contributed by atoms with Crippen LogP contribution in [0.15, 0.2) is 12.3 Å². The maximum Gasteiger partial charge on any atom is 0.270 e. The van der Waals surface area contributed by atoms with E-state index in [2.05, 4.69) is 20.6 Å². The van der Waals surface area contributed by atoms with Crippen molar-refractivity contribution in [2.45, 2.75) is 32.7 Å². The van der Waals surface area contributed by atoms with Gasteiger partial charge in [-0.2, -0.15) is 0 Å². The highest BCUT2D eigenvalue weighted by molar-refractivity contribution is 5.92. The molecule has 0 saturated carbocycles. The zero-order chi connectivity index (χ0) is 14.1. The van der Waals surface area contributed by atoms with E-state index in [9.17, 15) is 4.79 Å². The second-order valence-electron chi connectivity index (χ2n) is 4.32. The molecular formula is C13H22N4O2. The van der Waals surface area contributed by atoms with Crippen LogP contribution in [-0.4, -0.2) is 42.2 Å². The number of amides is 1. The molecule has 0 radical (unpaired) electrons. The second-order valence-corrected chi connectivity index (χ2v) is 4.32. The van der Waals surface area contributed by atoms with Crippen molar-refractivity contribution < 1.29 is 9.53 Å². The average Bonchev–Trinajstić information content (AvgIpc) is 2.43. The summed E-state index contributed by atoms with van der Waals surface area (Å²) < 4.78 is 4.95. The maximum absolute atomic E-state index is 11.9. The highest BCUT2D eigenvalue weighted by Crippen LogP contribution is 2.02. The molecule has 0 fully saturated rings. The number of hydrogen-bond donors (Lipinski definition) is 2. The molecule has 1 amide bonds. The van der Waals surface area contributed by atoms with Crippen LogP contribution in [0.2, 0.25) is 0 Å². The van der Waals surface area contributed by atoms with Gasteiger partial charge in [0.05, 0.1) is 0 Å². The first kappa shape index (κ1) is 15.4. The number of nitrogens with one attached hydrogen (secondary N) is 2. The summed E-state index contributed by atoms with van der Waals surface area (Å²) in [5.74, 6) is 0.296. The Labute approximate surface area is 114 Å². The number of hydrogen-bond acceptors (Lipinski definition) is 5. The molecule has 1 heterocycles. The molecule has 1 rings (SSSR count). The minimum absolute atomic E-state index is 0.139. The lowest BCUT2D eigenvalue weighted by Crippen LogP contribution is -2.32. The van der Waals surface area contributed by atoms with Gasteiger partial charge in [0.15, 0.2) is 0 Å². The smallest absolute Gasteiger partial charge is 0.270 e. The fourth-order valence-electron chi connectivity index (χ4n) is 1.39. The number of carbonyl (C=O) groups excluding carboxylic acids is 1. The lowest BCUT2D eigenvalue weighted by atomic mass is 10.2. The van der Waals surface area contributed by atoms with Crippen LogP contribution in [-0.2, 0) is 4.74 Å². The minimum atomic E-state index is -0.170. The first-order chi connectivity index (χ1) is 9.17. The fourth-order valence-corrected chi connectivity index (χ4v) is 1.39. The zero-order valence-electron chi connectivity index (χ0n) is 11.8. The lowest BCUT2D eigenvalue weighted by Gasteiger charge is -2.11. The van der Waals surface area contributed by atoms with Crippen molar-refractivity contribution in [3.05, 3.63) is 18.0 Å². The van der Waals surface area contributed by atoms with E-state index in [1.807, 2.05) is 13.8 Å². The Balaban J connectivity index is 2.53. The molecule has 6 heteroatoms.